The van der Waals surface area contributed by atoms with Gasteiger partial charge in [0.25, 0.3) is 0 Å². The second kappa shape index (κ2) is 7.05. The van der Waals surface area contributed by atoms with E-state index in [9.17, 15) is 4.79 Å². The Hall–Kier alpha value is -1.69. The molecule has 1 aromatic heterocycles. The molecule has 1 saturated carbocycles. The largest absolute Gasteiger partial charge is 0.354 e. The SMILES string of the molecule is N[C@@H]1CCC[C@H]1CC(=O)NCC1CCCN1c1cccnn1. The summed E-state index contributed by atoms with van der Waals surface area (Å²) in [7, 11) is 0. The van der Waals surface area contributed by atoms with Crippen LogP contribution in [-0.4, -0.2) is 41.3 Å². The van der Waals surface area contributed by atoms with E-state index < -0.39 is 0 Å². The van der Waals surface area contributed by atoms with Gasteiger partial charge in [0.2, 0.25) is 5.91 Å². The number of hydrogen-bond donors (Lipinski definition) is 2. The van der Waals surface area contributed by atoms with Gasteiger partial charge in [0.15, 0.2) is 5.82 Å². The topological polar surface area (TPSA) is 84.1 Å². The monoisotopic (exact) mass is 303 g/mol. The van der Waals surface area contributed by atoms with Gasteiger partial charge in [-0.15, -0.1) is 5.10 Å². The fourth-order valence-electron chi connectivity index (χ4n) is 3.66. The molecule has 120 valence electrons. The zero-order chi connectivity index (χ0) is 15.4. The predicted octanol–water partition coefficient (Wildman–Crippen LogP) is 1.08. The molecule has 2 heterocycles. The number of anilines is 1. The lowest BCUT2D eigenvalue weighted by Crippen LogP contribution is -2.41. The summed E-state index contributed by atoms with van der Waals surface area (Å²) in [6.07, 6.45) is 7.76. The summed E-state index contributed by atoms with van der Waals surface area (Å²) in [5, 5.41) is 11.2. The Kier molecular flexibility index (Phi) is 4.87. The van der Waals surface area contributed by atoms with Crippen molar-refractivity contribution in [3.8, 4) is 0 Å². The summed E-state index contributed by atoms with van der Waals surface area (Å²) in [4.78, 5) is 14.4. The fraction of sp³-hybridized carbons (Fsp3) is 0.688. The van der Waals surface area contributed by atoms with Crippen molar-refractivity contribution in [3.63, 3.8) is 0 Å². The van der Waals surface area contributed by atoms with E-state index in [-0.39, 0.29) is 11.9 Å². The van der Waals surface area contributed by atoms with Crippen LogP contribution in [0.15, 0.2) is 18.3 Å². The maximum absolute atomic E-state index is 12.1. The van der Waals surface area contributed by atoms with Crippen LogP contribution in [0.1, 0.15) is 38.5 Å². The standard InChI is InChI=1S/C16H25N5O/c17-14-6-1-4-12(14)10-16(22)18-11-13-5-3-9-21(13)15-7-2-8-19-20-15/h2,7-8,12-14H,1,3-6,9-11,17H2,(H,18,22)/t12-,13?,14+/m0/s1. The highest BCUT2D eigenvalue weighted by molar-refractivity contribution is 5.76. The number of carbonyl (C=O) groups excluding carboxylic acids is 1. The average Bonchev–Trinajstić information content (AvgIpc) is 3.16. The summed E-state index contributed by atoms with van der Waals surface area (Å²) in [5.41, 5.74) is 6.04. The van der Waals surface area contributed by atoms with Crippen LogP contribution in [0.3, 0.4) is 0 Å². The van der Waals surface area contributed by atoms with Gasteiger partial charge in [-0.3, -0.25) is 4.79 Å². The Morgan fingerprint density at radius 1 is 1.36 bits per heavy atom. The molecule has 1 aliphatic carbocycles. The fourth-order valence-corrected chi connectivity index (χ4v) is 3.66. The van der Waals surface area contributed by atoms with Crippen molar-refractivity contribution >= 4 is 11.7 Å². The molecule has 0 radical (unpaired) electrons. The van der Waals surface area contributed by atoms with Crippen molar-refractivity contribution in [2.24, 2.45) is 11.7 Å². The molecule has 1 unspecified atom stereocenters. The highest BCUT2D eigenvalue weighted by Gasteiger charge is 2.28. The molecule has 3 rings (SSSR count). The van der Waals surface area contributed by atoms with Crippen molar-refractivity contribution in [2.45, 2.75) is 50.6 Å². The van der Waals surface area contributed by atoms with Crippen molar-refractivity contribution in [1.82, 2.24) is 15.5 Å². The Morgan fingerprint density at radius 3 is 3.00 bits per heavy atom. The Labute approximate surface area is 131 Å². The molecule has 1 aromatic rings. The number of carbonyl (C=O) groups is 1. The van der Waals surface area contributed by atoms with E-state index in [2.05, 4.69) is 20.4 Å². The maximum atomic E-state index is 12.1. The second-order valence-corrected chi connectivity index (χ2v) is 6.43. The van der Waals surface area contributed by atoms with Gasteiger partial charge in [-0.2, -0.15) is 5.10 Å². The minimum absolute atomic E-state index is 0.133. The van der Waals surface area contributed by atoms with E-state index in [1.54, 1.807) is 6.20 Å². The minimum atomic E-state index is 0.133. The molecule has 22 heavy (non-hydrogen) atoms. The Bertz CT molecular complexity index is 495. The van der Waals surface area contributed by atoms with E-state index in [1.165, 1.54) is 0 Å². The molecule has 0 bridgehead atoms. The lowest BCUT2D eigenvalue weighted by atomic mass is 10.00. The van der Waals surface area contributed by atoms with Crippen LogP contribution in [0.25, 0.3) is 0 Å². The number of nitrogens with one attached hydrogen (secondary N) is 1. The van der Waals surface area contributed by atoms with Gasteiger partial charge in [-0.25, -0.2) is 0 Å². The van der Waals surface area contributed by atoms with Crippen LogP contribution < -0.4 is 16.0 Å². The number of aromatic nitrogens is 2. The maximum Gasteiger partial charge on any atom is 0.220 e. The third-order valence-corrected chi connectivity index (χ3v) is 4.93. The van der Waals surface area contributed by atoms with E-state index in [0.29, 0.717) is 24.9 Å². The quantitative estimate of drug-likeness (QED) is 0.850. The van der Waals surface area contributed by atoms with E-state index in [4.69, 9.17) is 5.73 Å². The van der Waals surface area contributed by atoms with E-state index >= 15 is 0 Å². The molecule has 2 fully saturated rings. The summed E-state index contributed by atoms with van der Waals surface area (Å²) >= 11 is 0. The van der Waals surface area contributed by atoms with Gasteiger partial charge in [0, 0.05) is 37.8 Å². The van der Waals surface area contributed by atoms with Crippen LogP contribution in [0.4, 0.5) is 5.82 Å². The Balaban J connectivity index is 1.49. The normalized spacial score (nSPS) is 28.0. The van der Waals surface area contributed by atoms with Crippen molar-refractivity contribution in [1.29, 1.82) is 0 Å². The third-order valence-electron chi connectivity index (χ3n) is 4.93. The molecule has 0 aromatic carbocycles. The van der Waals surface area contributed by atoms with Gasteiger partial charge < -0.3 is 16.0 Å². The Morgan fingerprint density at radius 2 is 2.27 bits per heavy atom. The number of nitrogens with zero attached hydrogens (tertiary/aromatic N) is 3. The van der Waals surface area contributed by atoms with Crippen LogP contribution in [0, 0.1) is 5.92 Å². The predicted molar refractivity (Wildman–Crippen MR) is 85.3 cm³/mol. The summed E-state index contributed by atoms with van der Waals surface area (Å²) < 4.78 is 0. The molecule has 3 N–H and O–H groups in total. The summed E-state index contributed by atoms with van der Waals surface area (Å²) in [6, 6.07) is 4.40. The van der Waals surface area contributed by atoms with E-state index in [0.717, 1.165) is 44.5 Å². The highest BCUT2D eigenvalue weighted by atomic mass is 16.1. The summed E-state index contributed by atoms with van der Waals surface area (Å²) in [5.74, 6) is 1.39. The van der Waals surface area contributed by atoms with Gasteiger partial charge >= 0.3 is 0 Å². The highest BCUT2D eigenvalue weighted by Crippen LogP contribution is 2.27. The van der Waals surface area contributed by atoms with Crippen molar-refractivity contribution < 1.29 is 4.79 Å². The molecule has 0 spiro atoms. The first-order chi connectivity index (χ1) is 10.7. The minimum Gasteiger partial charge on any atom is -0.354 e. The number of hydrogen-bond acceptors (Lipinski definition) is 5. The second-order valence-electron chi connectivity index (χ2n) is 6.43. The number of amides is 1. The molecule has 3 atom stereocenters. The first-order valence-corrected chi connectivity index (χ1v) is 8.30. The lowest BCUT2D eigenvalue weighted by molar-refractivity contribution is -0.122. The number of nitrogens with two attached hydrogens (primary N) is 1. The average molecular weight is 303 g/mol. The van der Waals surface area contributed by atoms with E-state index in [1.807, 2.05) is 12.1 Å². The zero-order valence-corrected chi connectivity index (χ0v) is 12.9. The molecule has 1 aliphatic heterocycles. The molecule has 1 amide bonds. The first kappa shape index (κ1) is 15.2. The lowest BCUT2D eigenvalue weighted by Gasteiger charge is -2.25. The third kappa shape index (κ3) is 3.55. The van der Waals surface area contributed by atoms with Gasteiger partial charge in [-0.05, 0) is 43.7 Å². The number of rotatable bonds is 5. The van der Waals surface area contributed by atoms with Gasteiger partial charge in [0.05, 0.1) is 0 Å². The van der Waals surface area contributed by atoms with Crippen LogP contribution in [-0.2, 0) is 4.79 Å². The first-order valence-electron chi connectivity index (χ1n) is 8.30. The van der Waals surface area contributed by atoms with Crippen molar-refractivity contribution in [2.75, 3.05) is 18.0 Å². The zero-order valence-electron chi connectivity index (χ0n) is 12.9. The molecular weight excluding hydrogens is 278 g/mol. The van der Waals surface area contributed by atoms with Crippen molar-refractivity contribution in [3.05, 3.63) is 18.3 Å². The molecule has 1 saturated heterocycles. The molecule has 6 heteroatoms. The molecule has 2 aliphatic rings. The van der Waals surface area contributed by atoms with Crippen LogP contribution in [0.5, 0.6) is 0 Å². The molecular formula is C16H25N5O. The van der Waals surface area contributed by atoms with Gasteiger partial charge in [-0.1, -0.05) is 6.42 Å². The van der Waals surface area contributed by atoms with Crippen LogP contribution >= 0.6 is 0 Å². The van der Waals surface area contributed by atoms with Crippen LogP contribution in [0.2, 0.25) is 0 Å². The smallest absolute Gasteiger partial charge is 0.220 e. The molecule has 6 nitrogen and oxygen atoms in total. The van der Waals surface area contributed by atoms with Gasteiger partial charge in [0.1, 0.15) is 0 Å². The summed E-state index contributed by atoms with van der Waals surface area (Å²) in [6.45, 7) is 1.66.